The van der Waals surface area contributed by atoms with Crippen LogP contribution in [0.25, 0.3) is 11.0 Å². The largest absolute Gasteiger partial charge is 0.416 e. The van der Waals surface area contributed by atoms with Gasteiger partial charge in [-0.2, -0.15) is 13.2 Å². The van der Waals surface area contributed by atoms with E-state index in [1.54, 1.807) is 32.9 Å². The van der Waals surface area contributed by atoms with Crippen molar-refractivity contribution in [2.75, 3.05) is 5.32 Å². The van der Waals surface area contributed by atoms with E-state index in [4.69, 9.17) is 0 Å². The molecule has 28 heavy (non-hydrogen) atoms. The van der Waals surface area contributed by atoms with Crippen LogP contribution in [0, 0.1) is 20.8 Å². The SMILES string of the molecule is Cc1nc(N[C@H](C)c2cccc(C(F)(F)F)c2C)c2cc(P=O)c(C)nc2n1. The maximum Gasteiger partial charge on any atom is 0.416 e. The number of aromatic nitrogens is 3. The fourth-order valence-corrected chi connectivity index (χ4v) is 3.52. The highest BCUT2D eigenvalue weighted by molar-refractivity contribution is 7.34. The van der Waals surface area contributed by atoms with Crippen LogP contribution in [-0.4, -0.2) is 15.0 Å². The molecule has 2 aromatic heterocycles. The number of benzene rings is 1. The first kappa shape index (κ1) is 20.1. The number of alkyl halides is 3. The van der Waals surface area contributed by atoms with Gasteiger partial charge < -0.3 is 5.32 Å². The number of rotatable bonds is 4. The summed E-state index contributed by atoms with van der Waals surface area (Å²) in [6, 6.07) is 5.35. The summed E-state index contributed by atoms with van der Waals surface area (Å²) in [7, 11) is -0.176. The molecule has 0 fully saturated rings. The van der Waals surface area contributed by atoms with Gasteiger partial charge in [-0.3, -0.25) is 4.57 Å². The monoisotopic (exact) mass is 406 g/mol. The van der Waals surface area contributed by atoms with Crippen LogP contribution in [0.1, 0.15) is 41.2 Å². The van der Waals surface area contributed by atoms with Gasteiger partial charge in [-0.05, 0) is 51.0 Å². The van der Waals surface area contributed by atoms with Crippen molar-refractivity contribution in [2.45, 2.75) is 39.9 Å². The van der Waals surface area contributed by atoms with Gasteiger partial charge in [-0.25, -0.2) is 15.0 Å². The molecule has 0 spiro atoms. The first-order chi connectivity index (χ1) is 13.1. The molecule has 0 unspecified atom stereocenters. The summed E-state index contributed by atoms with van der Waals surface area (Å²) in [4.78, 5) is 13.0. The van der Waals surface area contributed by atoms with E-state index in [-0.39, 0.29) is 14.0 Å². The lowest BCUT2D eigenvalue weighted by atomic mass is 9.97. The number of anilines is 1. The quantitative estimate of drug-likeness (QED) is 0.614. The number of hydrogen-bond acceptors (Lipinski definition) is 5. The van der Waals surface area contributed by atoms with Gasteiger partial charge in [0.15, 0.2) is 14.1 Å². The van der Waals surface area contributed by atoms with E-state index in [0.717, 1.165) is 6.07 Å². The maximum absolute atomic E-state index is 13.2. The molecule has 1 N–H and O–H groups in total. The Morgan fingerprint density at radius 2 is 1.82 bits per heavy atom. The Kier molecular flexibility index (Phi) is 5.35. The lowest BCUT2D eigenvalue weighted by molar-refractivity contribution is -0.138. The molecule has 3 aromatic rings. The Morgan fingerprint density at radius 1 is 1.11 bits per heavy atom. The molecule has 0 amide bonds. The lowest BCUT2D eigenvalue weighted by Crippen LogP contribution is -2.15. The zero-order chi connectivity index (χ0) is 20.6. The predicted octanol–water partition coefficient (Wildman–Crippen LogP) is 5.06. The molecule has 3 rings (SSSR count). The van der Waals surface area contributed by atoms with E-state index >= 15 is 0 Å². The summed E-state index contributed by atoms with van der Waals surface area (Å²) in [6.45, 7) is 6.67. The second kappa shape index (κ2) is 7.43. The molecule has 146 valence electrons. The van der Waals surface area contributed by atoms with E-state index < -0.39 is 17.8 Å². The van der Waals surface area contributed by atoms with Crippen LogP contribution in [0.4, 0.5) is 19.0 Å². The van der Waals surface area contributed by atoms with Gasteiger partial charge in [0.25, 0.3) is 0 Å². The van der Waals surface area contributed by atoms with Gasteiger partial charge >= 0.3 is 6.18 Å². The Morgan fingerprint density at radius 3 is 2.46 bits per heavy atom. The highest BCUT2D eigenvalue weighted by atomic mass is 31.1. The molecular formula is C19H18F3N4OP. The van der Waals surface area contributed by atoms with Crippen molar-refractivity contribution in [1.82, 2.24) is 15.0 Å². The summed E-state index contributed by atoms with van der Waals surface area (Å²) in [5, 5.41) is 4.24. The molecule has 0 aliphatic carbocycles. The zero-order valence-electron chi connectivity index (χ0n) is 15.7. The van der Waals surface area contributed by atoms with Crippen molar-refractivity contribution in [3.63, 3.8) is 0 Å². The second-order valence-electron chi connectivity index (χ2n) is 6.56. The fraction of sp³-hybridized carbons (Fsp3) is 0.316. The minimum atomic E-state index is -4.42. The highest BCUT2D eigenvalue weighted by Gasteiger charge is 2.33. The standard InChI is InChI=1S/C19H18F3N4OP/c1-9-13(6-5-7-15(9)19(20,21)22)10(2)23-17-14-8-16(28-27)11(3)24-18(14)26-12(4)25-17/h5-8,10H,1-4H3,(H,23,24,25,26)/t10-/m1/s1. The molecule has 2 heterocycles. The van der Waals surface area contributed by atoms with Crippen LogP contribution in [0.3, 0.4) is 0 Å². The summed E-state index contributed by atoms with van der Waals surface area (Å²) >= 11 is 0. The molecule has 0 bridgehead atoms. The summed E-state index contributed by atoms with van der Waals surface area (Å²) in [5.41, 5.74) is 1.05. The average molecular weight is 406 g/mol. The van der Waals surface area contributed by atoms with Gasteiger partial charge in [-0.15, -0.1) is 0 Å². The number of pyridine rings is 1. The number of hydrogen-bond donors (Lipinski definition) is 1. The van der Waals surface area contributed by atoms with Crippen molar-refractivity contribution in [3.8, 4) is 0 Å². The predicted molar refractivity (Wildman–Crippen MR) is 102 cm³/mol. The summed E-state index contributed by atoms with van der Waals surface area (Å²) < 4.78 is 51.0. The second-order valence-corrected chi connectivity index (χ2v) is 7.22. The molecule has 5 nitrogen and oxygen atoms in total. The van der Waals surface area contributed by atoms with Crippen molar-refractivity contribution in [2.24, 2.45) is 0 Å². The van der Waals surface area contributed by atoms with Crippen LogP contribution in [0.5, 0.6) is 0 Å². The van der Waals surface area contributed by atoms with Crippen LogP contribution in [0.15, 0.2) is 24.3 Å². The molecule has 1 aromatic carbocycles. The van der Waals surface area contributed by atoms with Gasteiger partial charge in [0.05, 0.1) is 28.0 Å². The Hall–Kier alpha value is -2.60. The molecule has 0 radical (unpaired) electrons. The van der Waals surface area contributed by atoms with Crippen LogP contribution in [0.2, 0.25) is 0 Å². The number of halogens is 3. The smallest absolute Gasteiger partial charge is 0.363 e. The minimum absolute atomic E-state index is 0.165. The lowest BCUT2D eigenvalue weighted by Gasteiger charge is -2.21. The van der Waals surface area contributed by atoms with Crippen LogP contribution < -0.4 is 10.6 Å². The number of nitrogens with one attached hydrogen (secondary N) is 1. The van der Waals surface area contributed by atoms with Crippen molar-refractivity contribution in [3.05, 3.63) is 52.5 Å². The van der Waals surface area contributed by atoms with Crippen molar-refractivity contribution >= 4 is 30.6 Å². The fourth-order valence-electron chi connectivity index (χ4n) is 3.16. The van der Waals surface area contributed by atoms with Gasteiger partial charge in [0.1, 0.15) is 11.6 Å². The Balaban J connectivity index is 2.07. The molecule has 1 atom stereocenters. The highest BCUT2D eigenvalue weighted by Crippen LogP contribution is 2.35. The molecule has 0 aliphatic rings. The maximum atomic E-state index is 13.2. The number of nitrogens with zero attached hydrogens (tertiary/aromatic N) is 3. The van der Waals surface area contributed by atoms with E-state index in [9.17, 15) is 17.7 Å². The van der Waals surface area contributed by atoms with E-state index in [2.05, 4.69) is 20.3 Å². The summed E-state index contributed by atoms with van der Waals surface area (Å²) in [6.07, 6.45) is -4.42. The van der Waals surface area contributed by atoms with Crippen molar-refractivity contribution < 1.29 is 17.7 Å². The topological polar surface area (TPSA) is 67.8 Å². The Labute approximate surface area is 161 Å². The van der Waals surface area contributed by atoms with Crippen LogP contribution >= 0.6 is 8.46 Å². The normalized spacial score (nSPS) is 13.1. The van der Waals surface area contributed by atoms with Crippen LogP contribution in [-0.2, 0) is 10.7 Å². The molecule has 9 heteroatoms. The van der Waals surface area contributed by atoms with Gasteiger partial charge in [0, 0.05) is 0 Å². The van der Waals surface area contributed by atoms with E-state index in [0.29, 0.717) is 39.2 Å². The third kappa shape index (κ3) is 3.83. The summed E-state index contributed by atoms with van der Waals surface area (Å²) in [5.74, 6) is 0.909. The average Bonchev–Trinajstić information content (AvgIpc) is 2.60. The molecular weight excluding hydrogens is 388 g/mol. The van der Waals surface area contributed by atoms with Crippen molar-refractivity contribution in [1.29, 1.82) is 0 Å². The molecule has 0 saturated carbocycles. The number of fused-ring (bicyclic) bond motifs is 1. The van der Waals surface area contributed by atoms with Gasteiger partial charge in [0.2, 0.25) is 0 Å². The van der Waals surface area contributed by atoms with E-state index in [1.165, 1.54) is 13.0 Å². The third-order valence-corrected chi connectivity index (χ3v) is 5.21. The Bertz CT molecular complexity index is 1070. The number of aryl methyl sites for hydroxylation is 2. The first-order valence-corrected chi connectivity index (χ1v) is 9.35. The third-order valence-electron chi connectivity index (χ3n) is 4.56. The minimum Gasteiger partial charge on any atom is -0.363 e. The van der Waals surface area contributed by atoms with Gasteiger partial charge in [-0.1, -0.05) is 12.1 Å². The molecule has 0 aliphatic heterocycles. The van der Waals surface area contributed by atoms with E-state index in [1.807, 2.05) is 0 Å². The molecule has 0 saturated heterocycles. The zero-order valence-corrected chi connectivity index (χ0v) is 16.6. The first-order valence-electron chi connectivity index (χ1n) is 8.54.